The first-order chi connectivity index (χ1) is 7.16. The van der Waals surface area contributed by atoms with Crippen LogP contribution >= 0.6 is 0 Å². The van der Waals surface area contributed by atoms with Gasteiger partial charge < -0.3 is 9.84 Å². The quantitative estimate of drug-likeness (QED) is 0.823. The van der Waals surface area contributed by atoms with Crippen LogP contribution < -0.4 is 4.74 Å². The molecule has 0 radical (unpaired) electrons. The lowest BCUT2D eigenvalue weighted by Gasteiger charge is -2.08. The van der Waals surface area contributed by atoms with Crippen LogP contribution in [0.4, 0.5) is 0 Å². The lowest BCUT2D eigenvalue weighted by molar-refractivity contribution is 0.0692. The van der Waals surface area contributed by atoms with Gasteiger partial charge in [0, 0.05) is 0 Å². The van der Waals surface area contributed by atoms with Gasteiger partial charge in [-0.15, -0.1) is 0 Å². The molecular formula is C12H14O3. The normalized spacial score (nSPS) is 15.0. The Labute approximate surface area is 88.7 Å². The minimum Gasteiger partial charge on any atom is -0.492 e. The first-order valence-corrected chi connectivity index (χ1v) is 5.13. The Kier molecular flexibility index (Phi) is 2.62. The van der Waals surface area contributed by atoms with Crippen LogP contribution in [0.3, 0.4) is 0 Å². The summed E-state index contributed by atoms with van der Waals surface area (Å²) in [6, 6.07) is 5.25. The summed E-state index contributed by atoms with van der Waals surface area (Å²) in [5, 5.41) is 8.99. The van der Waals surface area contributed by atoms with E-state index in [-0.39, 0.29) is 5.56 Å². The maximum Gasteiger partial charge on any atom is 0.339 e. The van der Waals surface area contributed by atoms with E-state index in [4.69, 9.17) is 9.84 Å². The van der Waals surface area contributed by atoms with Crippen molar-refractivity contribution in [3.63, 3.8) is 0 Å². The van der Waals surface area contributed by atoms with Gasteiger partial charge in [-0.05, 0) is 37.8 Å². The van der Waals surface area contributed by atoms with E-state index in [2.05, 4.69) is 0 Å². The Bertz CT molecular complexity index is 380. The standard InChI is InChI=1S/C12H14O3/c1-8-2-5-11(10(6-8)12(13)14)15-7-9-3-4-9/h2,5-6,9H,3-4,7H2,1H3,(H,13,14). The van der Waals surface area contributed by atoms with Crippen LogP contribution in [0.15, 0.2) is 18.2 Å². The van der Waals surface area contributed by atoms with Gasteiger partial charge in [-0.3, -0.25) is 0 Å². The summed E-state index contributed by atoms with van der Waals surface area (Å²) in [5.41, 5.74) is 1.20. The summed E-state index contributed by atoms with van der Waals surface area (Å²) in [6.07, 6.45) is 2.41. The van der Waals surface area contributed by atoms with E-state index in [0.29, 0.717) is 18.3 Å². The van der Waals surface area contributed by atoms with Gasteiger partial charge in [0.05, 0.1) is 6.61 Å². The number of hydrogen-bond donors (Lipinski definition) is 1. The molecule has 0 saturated heterocycles. The second-order valence-corrected chi connectivity index (χ2v) is 4.06. The third kappa shape index (κ3) is 2.49. The van der Waals surface area contributed by atoms with Crippen molar-refractivity contribution in [1.29, 1.82) is 0 Å². The summed E-state index contributed by atoms with van der Waals surface area (Å²) >= 11 is 0. The minimum atomic E-state index is -0.926. The molecule has 1 aromatic rings. The lowest BCUT2D eigenvalue weighted by atomic mass is 10.1. The third-order valence-corrected chi connectivity index (χ3v) is 2.54. The highest BCUT2D eigenvalue weighted by atomic mass is 16.5. The predicted molar refractivity (Wildman–Crippen MR) is 56.4 cm³/mol. The molecule has 0 amide bonds. The number of benzene rings is 1. The Balaban J connectivity index is 2.15. The first-order valence-electron chi connectivity index (χ1n) is 5.13. The molecule has 1 aliphatic rings. The van der Waals surface area contributed by atoms with Crippen molar-refractivity contribution < 1.29 is 14.6 Å². The number of rotatable bonds is 4. The number of carbonyl (C=O) groups is 1. The van der Waals surface area contributed by atoms with Gasteiger partial charge in [0.25, 0.3) is 0 Å². The van der Waals surface area contributed by atoms with Crippen molar-refractivity contribution in [3.05, 3.63) is 29.3 Å². The summed E-state index contributed by atoms with van der Waals surface area (Å²) < 4.78 is 5.50. The Morgan fingerprint density at radius 2 is 2.27 bits per heavy atom. The van der Waals surface area contributed by atoms with Gasteiger partial charge in [-0.2, -0.15) is 0 Å². The van der Waals surface area contributed by atoms with E-state index in [0.717, 1.165) is 5.56 Å². The van der Waals surface area contributed by atoms with E-state index in [1.165, 1.54) is 12.8 Å². The molecule has 0 spiro atoms. The molecule has 0 aliphatic heterocycles. The molecule has 1 N–H and O–H groups in total. The Morgan fingerprint density at radius 3 is 2.87 bits per heavy atom. The number of hydrogen-bond acceptors (Lipinski definition) is 2. The van der Waals surface area contributed by atoms with Crippen molar-refractivity contribution >= 4 is 5.97 Å². The van der Waals surface area contributed by atoms with E-state index in [1.807, 2.05) is 13.0 Å². The topological polar surface area (TPSA) is 46.5 Å². The molecule has 3 heteroatoms. The van der Waals surface area contributed by atoms with Crippen LogP contribution in [0.5, 0.6) is 5.75 Å². The average Bonchev–Trinajstić information content (AvgIpc) is 2.99. The molecule has 0 aromatic heterocycles. The van der Waals surface area contributed by atoms with E-state index in [1.54, 1.807) is 12.1 Å². The number of ether oxygens (including phenoxy) is 1. The van der Waals surface area contributed by atoms with Crippen LogP contribution in [0.1, 0.15) is 28.8 Å². The van der Waals surface area contributed by atoms with Gasteiger partial charge in [-0.1, -0.05) is 11.6 Å². The molecule has 1 aromatic carbocycles. The molecule has 1 saturated carbocycles. The van der Waals surface area contributed by atoms with Crippen molar-refractivity contribution in [3.8, 4) is 5.75 Å². The third-order valence-electron chi connectivity index (χ3n) is 2.54. The summed E-state index contributed by atoms with van der Waals surface area (Å²) in [5.74, 6) is 0.192. The van der Waals surface area contributed by atoms with E-state index in [9.17, 15) is 4.79 Å². The largest absolute Gasteiger partial charge is 0.492 e. The highest BCUT2D eigenvalue weighted by molar-refractivity contribution is 5.91. The molecular weight excluding hydrogens is 192 g/mol. The molecule has 15 heavy (non-hydrogen) atoms. The number of aryl methyl sites for hydroxylation is 1. The Hall–Kier alpha value is -1.51. The number of carboxylic acid groups (broad SMARTS) is 1. The molecule has 2 rings (SSSR count). The fraction of sp³-hybridized carbons (Fsp3) is 0.417. The van der Waals surface area contributed by atoms with Gasteiger partial charge in [-0.25, -0.2) is 4.79 Å². The second-order valence-electron chi connectivity index (χ2n) is 4.06. The Morgan fingerprint density at radius 1 is 1.53 bits per heavy atom. The fourth-order valence-corrected chi connectivity index (χ4v) is 1.43. The van der Waals surface area contributed by atoms with Gasteiger partial charge in [0.15, 0.2) is 0 Å². The second kappa shape index (κ2) is 3.93. The van der Waals surface area contributed by atoms with Crippen LogP contribution in [0.2, 0.25) is 0 Å². The van der Waals surface area contributed by atoms with Crippen LogP contribution in [0, 0.1) is 12.8 Å². The highest BCUT2D eigenvalue weighted by Crippen LogP contribution is 2.30. The molecule has 3 nitrogen and oxygen atoms in total. The predicted octanol–water partition coefficient (Wildman–Crippen LogP) is 2.48. The lowest BCUT2D eigenvalue weighted by Crippen LogP contribution is -2.05. The first kappa shape index (κ1) is 10.0. The molecule has 0 bridgehead atoms. The van der Waals surface area contributed by atoms with Crippen molar-refractivity contribution in [2.24, 2.45) is 5.92 Å². The zero-order valence-corrected chi connectivity index (χ0v) is 8.69. The molecule has 80 valence electrons. The summed E-state index contributed by atoms with van der Waals surface area (Å²) in [7, 11) is 0. The summed E-state index contributed by atoms with van der Waals surface area (Å²) in [6.45, 7) is 2.51. The molecule has 0 unspecified atom stereocenters. The molecule has 1 aliphatic carbocycles. The maximum absolute atomic E-state index is 11.0. The average molecular weight is 206 g/mol. The molecule has 1 fully saturated rings. The van der Waals surface area contributed by atoms with Crippen molar-refractivity contribution in [1.82, 2.24) is 0 Å². The van der Waals surface area contributed by atoms with Crippen LogP contribution in [-0.2, 0) is 0 Å². The smallest absolute Gasteiger partial charge is 0.339 e. The number of aromatic carboxylic acids is 1. The highest BCUT2D eigenvalue weighted by Gasteiger charge is 2.23. The zero-order valence-electron chi connectivity index (χ0n) is 8.69. The van der Waals surface area contributed by atoms with Crippen LogP contribution in [-0.4, -0.2) is 17.7 Å². The van der Waals surface area contributed by atoms with E-state index >= 15 is 0 Å². The monoisotopic (exact) mass is 206 g/mol. The van der Waals surface area contributed by atoms with Crippen molar-refractivity contribution in [2.45, 2.75) is 19.8 Å². The van der Waals surface area contributed by atoms with Crippen LogP contribution in [0.25, 0.3) is 0 Å². The molecule has 0 heterocycles. The number of carboxylic acids is 1. The van der Waals surface area contributed by atoms with Gasteiger partial charge in [0.1, 0.15) is 11.3 Å². The minimum absolute atomic E-state index is 0.260. The van der Waals surface area contributed by atoms with Gasteiger partial charge >= 0.3 is 5.97 Å². The zero-order chi connectivity index (χ0) is 10.8. The van der Waals surface area contributed by atoms with E-state index < -0.39 is 5.97 Å². The SMILES string of the molecule is Cc1ccc(OCC2CC2)c(C(=O)O)c1. The summed E-state index contributed by atoms with van der Waals surface area (Å²) in [4.78, 5) is 11.0. The van der Waals surface area contributed by atoms with Gasteiger partial charge in [0.2, 0.25) is 0 Å². The van der Waals surface area contributed by atoms with Crippen molar-refractivity contribution in [2.75, 3.05) is 6.61 Å². The maximum atomic E-state index is 11.0. The fourth-order valence-electron chi connectivity index (χ4n) is 1.43. The molecule has 0 atom stereocenters.